The van der Waals surface area contributed by atoms with Crippen molar-refractivity contribution in [1.82, 2.24) is 4.98 Å². The Balaban J connectivity index is 1.96. The molecule has 0 saturated heterocycles. The number of hydrogen-bond donors (Lipinski definition) is 0. The van der Waals surface area contributed by atoms with E-state index in [9.17, 15) is 22.8 Å². The molecule has 9 heteroatoms. The number of carbonyl (C=O) groups is 2. The summed E-state index contributed by atoms with van der Waals surface area (Å²) in [5.74, 6) is -3.01. The van der Waals surface area contributed by atoms with Crippen molar-refractivity contribution in [3.05, 3.63) is 121 Å². The Bertz CT molecular complexity index is 1250. The summed E-state index contributed by atoms with van der Waals surface area (Å²) in [4.78, 5) is 29.3. The number of rotatable bonds is 8. The number of pyridine rings is 1. The van der Waals surface area contributed by atoms with Crippen LogP contribution in [0, 0.1) is 0 Å². The quantitative estimate of drug-likeness (QED) is 0.245. The molecule has 4 rings (SSSR count). The normalized spacial score (nSPS) is 12.7. The Morgan fingerprint density at radius 1 is 0.730 bits per heavy atom. The van der Waals surface area contributed by atoms with E-state index in [4.69, 9.17) is 9.26 Å². The van der Waals surface area contributed by atoms with Crippen LogP contribution in [-0.4, -0.2) is 35.9 Å². The first-order valence-corrected chi connectivity index (χ1v) is 13.7. The zero-order valence-corrected chi connectivity index (χ0v) is 20.4. The van der Waals surface area contributed by atoms with Crippen LogP contribution in [0.2, 0.25) is 0 Å². The minimum absolute atomic E-state index is 0.189. The van der Waals surface area contributed by atoms with E-state index in [0.29, 0.717) is 15.9 Å². The molecule has 4 aromatic rings. The number of aromatic nitrogens is 1. The fourth-order valence-electron chi connectivity index (χ4n) is 4.38. The van der Waals surface area contributed by atoms with Crippen molar-refractivity contribution in [2.24, 2.45) is 0 Å². The maximum absolute atomic E-state index is 13.8. The molecule has 0 saturated carbocycles. The Labute approximate surface area is 211 Å². The number of ether oxygens (including phenoxy) is 1. The molecule has 0 spiro atoms. The summed E-state index contributed by atoms with van der Waals surface area (Å²) in [7, 11) is 0. The molecule has 1 aromatic heterocycles. The van der Waals surface area contributed by atoms with Crippen LogP contribution in [0.3, 0.4) is 0 Å². The summed E-state index contributed by atoms with van der Waals surface area (Å²) < 4.78 is 52.8. The Morgan fingerprint density at radius 2 is 1.22 bits per heavy atom. The second kappa shape index (κ2) is 10.5. The minimum atomic E-state index is -5.26. The molecule has 1 heterocycles. The summed E-state index contributed by atoms with van der Waals surface area (Å²) >= 11 is 0. The van der Waals surface area contributed by atoms with Crippen LogP contribution in [0.25, 0.3) is 0 Å². The van der Waals surface area contributed by atoms with Gasteiger partial charge in [-0.05, 0) is 0 Å². The van der Waals surface area contributed by atoms with Crippen LogP contribution in [0.4, 0.5) is 13.2 Å². The van der Waals surface area contributed by atoms with Crippen LogP contribution < -0.4 is 15.9 Å². The van der Waals surface area contributed by atoms with Gasteiger partial charge in [0.2, 0.25) is 0 Å². The first-order chi connectivity index (χ1) is 17.8. The molecular weight excluding hydrogens is 502 g/mol. The molecule has 0 bridgehead atoms. The second-order valence-corrected chi connectivity index (χ2v) is 12.8. The molecule has 5 nitrogen and oxygen atoms in total. The molecule has 0 fully saturated rings. The van der Waals surface area contributed by atoms with E-state index in [0.717, 1.165) is 0 Å². The van der Waals surface area contributed by atoms with E-state index < -0.39 is 24.9 Å². The topological polar surface area (TPSA) is 65.5 Å². The summed E-state index contributed by atoms with van der Waals surface area (Å²) in [6, 6.07) is 28.1. The molecule has 190 valence electrons. The molecule has 0 aliphatic carbocycles. The van der Waals surface area contributed by atoms with Gasteiger partial charge in [0.25, 0.3) is 0 Å². The number of carbonyl (C=O) groups excluding carboxylic acids is 2. The number of esters is 1. The van der Waals surface area contributed by atoms with Crippen molar-refractivity contribution >= 4 is 34.7 Å². The predicted octanol–water partition coefficient (Wildman–Crippen LogP) is 4.79. The second-order valence-electron chi connectivity index (χ2n) is 8.20. The van der Waals surface area contributed by atoms with Crippen LogP contribution in [-0.2, 0) is 14.1 Å². The van der Waals surface area contributed by atoms with Gasteiger partial charge in [0.1, 0.15) is 0 Å². The van der Waals surface area contributed by atoms with E-state index in [1.54, 1.807) is 97.1 Å². The maximum atomic E-state index is 13.8. The van der Waals surface area contributed by atoms with Crippen LogP contribution in [0.1, 0.15) is 10.4 Å². The monoisotopic (exact) mass is 525 g/mol. The molecular formula is C28H23F3NO4P. The van der Waals surface area contributed by atoms with Gasteiger partial charge in [-0.2, -0.15) is 0 Å². The fraction of sp³-hybridized carbons (Fsp3) is 0.107. The fourth-order valence-corrected chi connectivity index (χ4v) is 9.78. The third-order valence-corrected chi connectivity index (χ3v) is 11.8. The van der Waals surface area contributed by atoms with Crippen LogP contribution in [0.15, 0.2) is 116 Å². The number of benzene rings is 3. The van der Waals surface area contributed by atoms with Gasteiger partial charge < -0.3 is 0 Å². The van der Waals surface area contributed by atoms with Crippen molar-refractivity contribution < 1.29 is 32.0 Å². The Morgan fingerprint density at radius 3 is 1.62 bits per heavy atom. The third kappa shape index (κ3) is 4.98. The van der Waals surface area contributed by atoms with Crippen molar-refractivity contribution in [1.29, 1.82) is 0 Å². The van der Waals surface area contributed by atoms with Crippen molar-refractivity contribution in [2.75, 3.05) is 12.8 Å². The average molecular weight is 525 g/mol. The third-order valence-electron chi connectivity index (χ3n) is 6.07. The molecule has 3 aromatic carbocycles. The van der Waals surface area contributed by atoms with Gasteiger partial charge in [-0.15, -0.1) is 0 Å². The van der Waals surface area contributed by atoms with Gasteiger partial charge in [0.15, 0.2) is 0 Å². The van der Waals surface area contributed by atoms with Crippen LogP contribution >= 0.6 is 6.83 Å². The SMILES string of the molecule is O=C(OCCP(OC(=O)C(F)(F)F)(c1ccccc1)(c1ccccc1)c1ccccc1)c1cccnc1. The summed E-state index contributed by atoms with van der Waals surface area (Å²) in [6.45, 7) is -5.03. The number of halogens is 3. The summed E-state index contributed by atoms with van der Waals surface area (Å²) in [5, 5.41) is 1.17. The number of nitrogens with zero attached hydrogens (tertiary/aromatic N) is 1. The molecule has 0 amide bonds. The summed E-state index contributed by atoms with van der Waals surface area (Å²) in [5.41, 5.74) is 0.189. The molecule has 0 atom stereocenters. The van der Waals surface area contributed by atoms with Crippen LogP contribution in [0.5, 0.6) is 0 Å². The first-order valence-electron chi connectivity index (χ1n) is 11.3. The molecule has 0 aliphatic heterocycles. The standard InChI is InChI=1S/C28H23F3NO4P/c29-28(30,31)27(34)36-37(23-12-4-1-5-13-23,24-14-6-2-7-15-24,25-16-8-3-9-17-25)20-19-35-26(33)22-11-10-18-32-21-22/h1-18,21H,19-20H2. The summed E-state index contributed by atoms with van der Waals surface area (Å²) in [6.07, 6.45) is -2.64. The van der Waals surface area contributed by atoms with Crippen molar-refractivity contribution in [3.8, 4) is 0 Å². The van der Waals surface area contributed by atoms with E-state index >= 15 is 0 Å². The van der Waals surface area contributed by atoms with Gasteiger partial charge >= 0.3 is 212 Å². The number of hydrogen-bond acceptors (Lipinski definition) is 5. The zero-order valence-electron chi connectivity index (χ0n) is 19.5. The first kappa shape index (κ1) is 26.0. The Kier molecular flexibility index (Phi) is 7.41. The van der Waals surface area contributed by atoms with Gasteiger partial charge in [0.05, 0.1) is 0 Å². The van der Waals surface area contributed by atoms with Gasteiger partial charge in [-0.1, -0.05) is 0 Å². The Hall–Kier alpha value is -4.03. The van der Waals surface area contributed by atoms with E-state index in [2.05, 4.69) is 4.98 Å². The zero-order chi connectivity index (χ0) is 26.4. The van der Waals surface area contributed by atoms with Gasteiger partial charge in [-0.3, -0.25) is 0 Å². The molecule has 0 radical (unpaired) electrons. The molecule has 0 unspecified atom stereocenters. The van der Waals surface area contributed by atoms with E-state index in [1.165, 1.54) is 18.5 Å². The van der Waals surface area contributed by atoms with Crippen molar-refractivity contribution in [2.45, 2.75) is 6.18 Å². The van der Waals surface area contributed by atoms with E-state index in [-0.39, 0.29) is 18.3 Å². The predicted molar refractivity (Wildman–Crippen MR) is 137 cm³/mol. The molecule has 0 N–H and O–H groups in total. The van der Waals surface area contributed by atoms with Crippen molar-refractivity contribution in [3.63, 3.8) is 0 Å². The molecule has 0 aliphatic rings. The van der Waals surface area contributed by atoms with Gasteiger partial charge in [0, 0.05) is 0 Å². The van der Waals surface area contributed by atoms with E-state index in [1.807, 2.05) is 0 Å². The van der Waals surface area contributed by atoms with Gasteiger partial charge in [-0.25, -0.2) is 0 Å². The number of alkyl halides is 3. The molecule has 37 heavy (non-hydrogen) atoms. The average Bonchev–Trinajstić information content (AvgIpc) is 2.94.